The smallest absolute Gasteiger partial charge is 0.225 e. The first-order valence-corrected chi connectivity index (χ1v) is 8.03. The summed E-state index contributed by atoms with van der Waals surface area (Å²) in [4.78, 5) is 14.5. The van der Waals surface area contributed by atoms with Crippen molar-refractivity contribution in [1.82, 2.24) is 4.90 Å². The molecule has 116 valence electrons. The molecule has 0 bridgehead atoms. The molecule has 3 aliphatic rings. The predicted octanol–water partition coefficient (Wildman–Crippen LogP) is 3.30. The Morgan fingerprint density at radius 3 is 2.74 bits per heavy atom. The molecular formula is C19H16FNO2. The fourth-order valence-corrected chi connectivity index (χ4v) is 4.48. The Hall–Kier alpha value is -2.20. The van der Waals surface area contributed by atoms with Gasteiger partial charge in [-0.2, -0.15) is 0 Å². The van der Waals surface area contributed by atoms with E-state index in [2.05, 4.69) is 12.1 Å². The minimum absolute atomic E-state index is 0.0123. The largest absolute Gasteiger partial charge is 0.345 e. The molecule has 0 unspecified atom stereocenters. The van der Waals surface area contributed by atoms with Crippen LogP contribution in [0.3, 0.4) is 0 Å². The van der Waals surface area contributed by atoms with Crippen molar-refractivity contribution in [3.8, 4) is 0 Å². The molecule has 4 heteroatoms. The maximum Gasteiger partial charge on any atom is 0.225 e. The van der Waals surface area contributed by atoms with E-state index in [1.807, 2.05) is 17.0 Å². The lowest BCUT2D eigenvalue weighted by molar-refractivity contribution is -0.141. The second kappa shape index (κ2) is 4.42. The van der Waals surface area contributed by atoms with Gasteiger partial charge in [-0.1, -0.05) is 36.4 Å². The number of nitrogens with zero attached hydrogens (tertiary/aromatic N) is 1. The SMILES string of the molecule is O=C1CC[C@@]2(c3ccc(F)cc3)O[C@@H]3Cc4ccccc4[C@@H]3N12. The second-order valence-electron chi connectivity index (χ2n) is 6.56. The zero-order valence-corrected chi connectivity index (χ0v) is 12.5. The lowest BCUT2D eigenvalue weighted by Crippen LogP contribution is -2.40. The number of halogens is 1. The van der Waals surface area contributed by atoms with E-state index in [-0.39, 0.29) is 23.9 Å². The molecule has 3 atom stereocenters. The van der Waals surface area contributed by atoms with Crippen LogP contribution in [-0.2, 0) is 21.7 Å². The van der Waals surface area contributed by atoms with Crippen molar-refractivity contribution in [1.29, 1.82) is 0 Å². The molecule has 5 rings (SSSR count). The number of fused-ring (bicyclic) bond motifs is 5. The average Bonchev–Trinajstić information content (AvgIpc) is 3.16. The molecule has 0 aromatic heterocycles. The van der Waals surface area contributed by atoms with E-state index in [1.165, 1.54) is 23.3 Å². The van der Waals surface area contributed by atoms with E-state index >= 15 is 0 Å². The van der Waals surface area contributed by atoms with Gasteiger partial charge in [0.2, 0.25) is 5.91 Å². The zero-order chi connectivity index (χ0) is 15.6. The molecule has 0 spiro atoms. The maximum atomic E-state index is 13.3. The molecule has 0 saturated carbocycles. The highest BCUT2D eigenvalue weighted by Gasteiger charge is 2.61. The van der Waals surface area contributed by atoms with Crippen LogP contribution in [0.15, 0.2) is 48.5 Å². The highest BCUT2D eigenvalue weighted by atomic mass is 19.1. The van der Waals surface area contributed by atoms with Gasteiger partial charge in [0.25, 0.3) is 0 Å². The molecule has 3 nitrogen and oxygen atoms in total. The summed E-state index contributed by atoms with van der Waals surface area (Å²) in [5, 5.41) is 0. The summed E-state index contributed by atoms with van der Waals surface area (Å²) in [6, 6.07) is 14.6. The minimum atomic E-state index is -0.729. The number of carbonyl (C=O) groups excluding carboxylic acids is 1. The van der Waals surface area contributed by atoms with Crippen LogP contribution in [0.1, 0.15) is 35.6 Å². The summed E-state index contributed by atoms with van der Waals surface area (Å²) < 4.78 is 19.8. The molecule has 2 aromatic rings. The van der Waals surface area contributed by atoms with Crippen molar-refractivity contribution in [3.05, 3.63) is 71.0 Å². The maximum absolute atomic E-state index is 13.3. The number of carbonyl (C=O) groups is 1. The monoisotopic (exact) mass is 309 g/mol. The fraction of sp³-hybridized carbons (Fsp3) is 0.316. The van der Waals surface area contributed by atoms with Crippen LogP contribution in [0, 0.1) is 5.82 Å². The van der Waals surface area contributed by atoms with E-state index in [4.69, 9.17) is 4.74 Å². The third-order valence-electron chi connectivity index (χ3n) is 5.40. The van der Waals surface area contributed by atoms with Gasteiger partial charge < -0.3 is 9.64 Å². The van der Waals surface area contributed by atoms with Gasteiger partial charge in [0.1, 0.15) is 5.82 Å². The van der Waals surface area contributed by atoms with Gasteiger partial charge in [0.15, 0.2) is 5.72 Å². The molecule has 1 aliphatic carbocycles. The third-order valence-corrected chi connectivity index (χ3v) is 5.40. The Labute approximate surface area is 133 Å². The highest BCUT2D eigenvalue weighted by molar-refractivity contribution is 5.81. The van der Waals surface area contributed by atoms with Gasteiger partial charge in [-0.05, 0) is 23.3 Å². The van der Waals surface area contributed by atoms with Crippen molar-refractivity contribution in [2.75, 3.05) is 0 Å². The van der Waals surface area contributed by atoms with Crippen LogP contribution in [0.5, 0.6) is 0 Å². The van der Waals surface area contributed by atoms with Gasteiger partial charge in [0.05, 0.1) is 12.1 Å². The summed E-state index contributed by atoms with van der Waals surface area (Å²) in [5.41, 5.74) is 2.59. The van der Waals surface area contributed by atoms with E-state index < -0.39 is 5.72 Å². The highest BCUT2D eigenvalue weighted by Crippen LogP contribution is 2.57. The summed E-state index contributed by atoms with van der Waals surface area (Å²) >= 11 is 0. The first-order chi connectivity index (χ1) is 11.2. The Bertz CT molecular complexity index is 803. The quantitative estimate of drug-likeness (QED) is 0.809. The zero-order valence-electron chi connectivity index (χ0n) is 12.5. The first-order valence-electron chi connectivity index (χ1n) is 8.03. The van der Waals surface area contributed by atoms with Crippen molar-refractivity contribution in [3.63, 3.8) is 0 Å². The summed E-state index contributed by atoms with van der Waals surface area (Å²) in [6.45, 7) is 0. The van der Waals surface area contributed by atoms with Gasteiger partial charge in [-0.25, -0.2) is 4.39 Å². The van der Waals surface area contributed by atoms with Crippen LogP contribution in [-0.4, -0.2) is 16.9 Å². The van der Waals surface area contributed by atoms with Crippen molar-refractivity contribution < 1.29 is 13.9 Å². The van der Waals surface area contributed by atoms with Crippen LogP contribution in [0.4, 0.5) is 4.39 Å². The number of ether oxygens (including phenoxy) is 1. The Morgan fingerprint density at radius 2 is 1.91 bits per heavy atom. The predicted molar refractivity (Wildman–Crippen MR) is 81.9 cm³/mol. The summed E-state index contributed by atoms with van der Waals surface area (Å²) in [6.07, 6.45) is 1.92. The molecule has 2 aliphatic heterocycles. The molecule has 0 N–H and O–H groups in total. The number of amides is 1. The normalized spacial score (nSPS) is 31.2. The third kappa shape index (κ3) is 1.64. The standard InChI is InChI=1S/C19H16FNO2/c20-14-7-5-13(6-8-14)19-10-9-17(22)21(19)18-15-4-2-1-3-12(15)11-16(18)23-19/h1-8,16,18H,9-11H2/t16-,18+,19+/m1/s1. The fourth-order valence-electron chi connectivity index (χ4n) is 4.48. The van der Waals surface area contributed by atoms with Gasteiger partial charge in [0, 0.05) is 24.8 Å². The Balaban J connectivity index is 1.65. The van der Waals surface area contributed by atoms with Crippen LogP contribution >= 0.6 is 0 Å². The summed E-state index contributed by atoms with van der Waals surface area (Å²) in [7, 11) is 0. The van der Waals surface area contributed by atoms with Crippen molar-refractivity contribution in [2.24, 2.45) is 0 Å². The van der Waals surface area contributed by atoms with Gasteiger partial charge >= 0.3 is 0 Å². The van der Waals surface area contributed by atoms with E-state index in [1.54, 1.807) is 12.1 Å². The Kier molecular flexibility index (Phi) is 2.55. The topological polar surface area (TPSA) is 29.5 Å². The van der Waals surface area contributed by atoms with Gasteiger partial charge in [-0.15, -0.1) is 0 Å². The number of benzene rings is 2. The van der Waals surface area contributed by atoms with E-state index in [9.17, 15) is 9.18 Å². The number of hydrogen-bond acceptors (Lipinski definition) is 2. The van der Waals surface area contributed by atoms with Crippen LogP contribution < -0.4 is 0 Å². The van der Waals surface area contributed by atoms with E-state index in [0.29, 0.717) is 12.8 Å². The first kappa shape index (κ1) is 13.3. The van der Waals surface area contributed by atoms with Crippen LogP contribution in [0.2, 0.25) is 0 Å². The van der Waals surface area contributed by atoms with Gasteiger partial charge in [-0.3, -0.25) is 4.79 Å². The molecular weight excluding hydrogens is 293 g/mol. The molecule has 2 aromatic carbocycles. The summed E-state index contributed by atoms with van der Waals surface area (Å²) in [5.74, 6) is -0.150. The average molecular weight is 309 g/mol. The van der Waals surface area contributed by atoms with Crippen LogP contribution in [0.25, 0.3) is 0 Å². The number of rotatable bonds is 1. The Morgan fingerprint density at radius 1 is 1.13 bits per heavy atom. The molecule has 23 heavy (non-hydrogen) atoms. The number of hydrogen-bond donors (Lipinski definition) is 0. The minimum Gasteiger partial charge on any atom is -0.345 e. The molecule has 0 radical (unpaired) electrons. The molecule has 1 amide bonds. The molecule has 2 saturated heterocycles. The molecule has 2 heterocycles. The van der Waals surface area contributed by atoms with Crippen molar-refractivity contribution in [2.45, 2.75) is 37.1 Å². The van der Waals surface area contributed by atoms with Crippen molar-refractivity contribution >= 4 is 5.91 Å². The van der Waals surface area contributed by atoms with E-state index in [0.717, 1.165) is 12.0 Å². The molecule has 2 fully saturated rings. The lowest BCUT2D eigenvalue weighted by Gasteiger charge is -2.34. The lowest BCUT2D eigenvalue weighted by atomic mass is 9.99. The second-order valence-corrected chi connectivity index (χ2v) is 6.56.